The van der Waals surface area contributed by atoms with Crippen LogP contribution < -0.4 is 5.32 Å². The zero-order valence-corrected chi connectivity index (χ0v) is 17.5. The highest BCUT2D eigenvalue weighted by Gasteiger charge is 2.23. The van der Waals surface area contributed by atoms with Crippen molar-refractivity contribution in [2.45, 2.75) is 44.4 Å². The van der Waals surface area contributed by atoms with Crippen molar-refractivity contribution in [2.75, 3.05) is 5.32 Å². The van der Waals surface area contributed by atoms with Gasteiger partial charge in [0.15, 0.2) is 0 Å². The quantitative estimate of drug-likeness (QED) is 0.658. The number of anilines is 1. The van der Waals surface area contributed by atoms with Crippen molar-refractivity contribution in [3.63, 3.8) is 0 Å². The van der Waals surface area contributed by atoms with Crippen LogP contribution in [0.4, 0.5) is 5.69 Å². The minimum absolute atomic E-state index is 0.0848. The summed E-state index contributed by atoms with van der Waals surface area (Å²) < 4.78 is 0. The van der Waals surface area contributed by atoms with Gasteiger partial charge in [-0.2, -0.15) is 5.26 Å². The van der Waals surface area contributed by atoms with Crippen LogP contribution in [0.25, 0.3) is 0 Å². The molecule has 0 aliphatic rings. The van der Waals surface area contributed by atoms with E-state index in [0.29, 0.717) is 22.7 Å². The molecule has 1 aromatic carbocycles. The van der Waals surface area contributed by atoms with Crippen molar-refractivity contribution in [2.24, 2.45) is 0 Å². The molecule has 1 unspecified atom stereocenters. The average molecular weight is 418 g/mol. The van der Waals surface area contributed by atoms with E-state index in [1.807, 2.05) is 27.7 Å². The van der Waals surface area contributed by atoms with Gasteiger partial charge >= 0.3 is 5.97 Å². The van der Waals surface area contributed by atoms with Gasteiger partial charge in [0.05, 0.1) is 21.4 Å². The topological polar surface area (TPSA) is 103 Å². The van der Waals surface area contributed by atoms with Crippen molar-refractivity contribution in [3.05, 3.63) is 51.2 Å². The summed E-state index contributed by atoms with van der Waals surface area (Å²) in [5.74, 6) is -1.47. The fraction of sp³-hybridized carbons (Fsp3) is 0.300. The molecule has 28 heavy (non-hydrogen) atoms. The lowest BCUT2D eigenvalue weighted by molar-refractivity contribution is -0.115. The number of thioether (sulfide) groups is 1. The number of carboxylic acids is 1. The number of nitrogens with one attached hydrogen (secondary N) is 1. The summed E-state index contributed by atoms with van der Waals surface area (Å²) in [6, 6.07) is 6.47. The summed E-state index contributed by atoms with van der Waals surface area (Å²) in [4.78, 5) is 28.4. The van der Waals surface area contributed by atoms with E-state index in [4.69, 9.17) is 16.7 Å². The number of pyridine rings is 1. The van der Waals surface area contributed by atoms with Gasteiger partial charge < -0.3 is 10.4 Å². The van der Waals surface area contributed by atoms with Gasteiger partial charge in [-0.3, -0.25) is 4.79 Å². The monoisotopic (exact) mass is 417 g/mol. The van der Waals surface area contributed by atoms with Gasteiger partial charge in [0.2, 0.25) is 5.91 Å². The second-order valence-electron chi connectivity index (χ2n) is 6.24. The number of benzene rings is 1. The molecule has 0 radical (unpaired) electrons. The van der Waals surface area contributed by atoms with Crippen LogP contribution in [0.2, 0.25) is 5.02 Å². The number of carbonyl (C=O) groups is 2. The third-order valence-electron chi connectivity index (χ3n) is 4.46. The molecule has 1 atom stereocenters. The van der Waals surface area contributed by atoms with Crippen molar-refractivity contribution in [1.29, 1.82) is 5.26 Å². The Morgan fingerprint density at radius 3 is 2.57 bits per heavy atom. The second-order valence-corrected chi connectivity index (χ2v) is 7.84. The number of halogens is 1. The molecule has 2 N–H and O–H groups in total. The van der Waals surface area contributed by atoms with E-state index < -0.39 is 11.2 Å². The summed E-state index contributed by atoms with van der Waals surface area (Å²) in [7, 11) is 0. The predicted octanol–water partition coefficient (Wildman–Crippen LogP) is 4.74. The van der Waals surface area contributed by atoms with E-state index in [9.17, 15) is 14.9 Å². The summed E-state index contributed by atoms with van der Waals surface area (Å²) in [5.41, 5.74) is 3.36. The Morgan fingerprint density at radius 2 is 2.00 bits per heavy atom. The average Bonchev–Trinajstić information content (AvgIpc) is 2.65. The smallest absolute Gasteiger partial charge is 0.337 e. The first-order valence-electron chi connectivity index (χ1n) is 8.57. The van der Waals surface area contributed by atoms with Crippen LogP contribution in [-0.2, 0) is 4.79 Å². The van der Waals surface area contributed by atoms with E-state index in [2.05, 4.69) is 16.4 Å². The molecule has 0 saturated heterocycles. The highest BCUT2D eigenvalue weighted by atomic mass is 35.5. The Kier molecular flexibility index (Phi) is 7.05. The molecule has 1 aromatic heterocycles. The van der Waals surface area contributed by atoms with Crippen LogP contribution in [0, 0.1) is 32.1 Å². The van der Waals surface area contributed by atoms with Gasteiger partial charge in [0.1, 0.15) is 11.1 Å². The molecule has 0 spiro atoms. The first-order valence-corrected chi connectivity index (χ1v) is 9.83. The number of hydrogen-bond acceptors (Lipinski definition) is 5. The van der Waals surface area contributed by atoms with E-state index in [1.54, 1.807) is 6.07 Å². The van der Waals surface area contributed by atoms with E-state index in [0.717, 1.165) is 16.8 Å². The second kappa shape index (κ2) is 9.09. The lowest BCUT2D eigenvalue weighted by Crippen LogP contribution is -2.25. The third kappa shape index (κ3) is 4.64. The number of aryl methyl sites for hydroxylation is 1. The number of aromatic nitrogens is 1. The first kappa shape index (κ1) is 21.7. The maximum atomic E-state index is 12.7. The molecule has 2 aromatic rings. The predicted molar refractivity (Wildman–Crippen MR) is 110 cm³/mol. The van der Waals surface area contributed by atoms with Gasteiger partial charge in [-0.1, -0.05) is 30.3 Å². The number of aromatic carboxylic acids is 1. The molecule has 1 amide bonds. The Bertz CT molecular complexity index is 986. The molecule has 1 heterocycles. The van der Waals surface area contributed by atoms with Gasteiger partial charge in [-0.25, -0.2) is 9.78 Å². The van der Waals surface area contributed by atoms with Crippen LogP contribution in [0.5, 0.6) is 0 Å². The van der Waals surface area contributed by atoms with Gasteiger partial charge in [-0.05, 0) is 56.5 Å². The fourth-order valence-electron chi connectivity index (χ4n) is 2.57. The minimum atomic E-state index is -1.17. The summed E-state index contributed by atoms with van der Waals surface area (Å²) in [6.45, 7) is 7.52. The standard InChI is InChI=1S/C20H20ClN3O3S/c1-5-17(28-19-15(9-22)11(3)10(2)12(4)23-19)18(25)24-13-6-7-16(21)14(8-13)20(26)27/h6-8,17H,5H2,1-4H3,(H,24,25)(H,26,27). The van der Waals surface area contributed by atoms with Crippen LogP contribution in [0.3, 0.4) is 0 Å². The minimum Gasteiger partial charge on any atom is -0.478 e. The highest BCUT2D eigenvalue weighted by Crippen LogP contribution is 2.31. The molecule has 2 rings (SSSR count). The van der Waals surface area contributed by atoms with Gasteiger partial charge in [0, 0.05) is 11.4 Å². The molecule has 0 aliphatic heterocycles. The number of rotatable bonds is 6. The zero-order valence-electron chi connectivity index (χ0n) is 16.0. The van der Waals surface area contributed by atoms with Crippen LogP contribution >= 0.6 is 23.4 Å². The fourth-order valence-corrected chi connectivity index (χ4v) is 3.88. The largest absolute Gasteiger partial charge is 0.478 e. The zero-order chi connectivity index (χ0) is 21.0. The Balaban J connectivity index is 2.28. The van der Waals surface area contributed by atoms with E-state index in [-0.39, 0.29) is 16.5 Å². The molecule has 146 valence electrons. The van der Waals surface area contributed by atoms with E-state index >= 15 is 0 Å². The Hall–Kier alpha value is -2.56. The van der Waals surface area contributed by atoms with Crippen molar-refractivity contribution >= 4 is 40.9 Å². The van der Waals surface area contributed by atoms with E-state index in [1.165, 1.54) is 23.9 Å². The van der Waals surface area contributed by atoms with Crippen LogP contribution in [0.15, 0.2) is 23.2 Å². The van der Waals surface area contributed by atoms with Crippen LogP contribution in [0.1, 0.15) is 46.1 Å². The van der Waals surface area contributed by atoms with Crippen molar-refractivity contribution in [3.8, 4) is 6.07 Å². The summed E-state index contributed by atoms with van der Waals surface area (Å²) >= 11 is 7.09. The number of amides is 1. The van der Waals surface area contributed by atoms with Gasteiger partial charge in [-0.15, -0.1) is 0 Å². The highest BCUT2D eigenvalue weighted by molar-refractivity contribution is 8.00. The van der Waals surface area contributed by atoms with Crippen molar-refractivity contribution < 1.29 is 14.7 Å². The van der Waals surface area contributed by atoms with Crippen molar-refractivity contribution in [1.82, 2.24) is 4.98 Å². The first-order chi connectivity index (χ1) is 13.2. The van der Waals surface area contributed by atoms with Crippen LogP contribution in [-0.4, -0.2) is 27.2 Å². The lowest BCUT2D eigenvalue weighted by atomic mass is 10.1. The lowest BCUT2D eigenvalue weighted by Gasteiger charge is -2.17. The third-order valence-corrected chi connectivity index (χ3v) is 6.14. The maximum Gasteiger partial charge on any atom is 0.337 e. The molecular formula is C20H20ClN3O3S. The van der Waals surface area contributed by atoms with Gasteiger partial charge in [0.25, 0.3) is 0 Å². The molecule has 6 nitrogen and oxygen atoms in total. The molecule has 8 heteroatoms. The number of carboxylic acid groups (broad SMARTS) is 1. The Labute approximate surface area is 172 Å². The number of nitrogens with zero attached hydrogens (tertiary/aromatic N) is 2. The SMILES string of the molecule is CCC(Sc1nc(C)c(C)c(C)c1C#N)C(=O)Nc1ccc(Cl)c(C(=O)O)c1. The molecular weight excluding hydrogens is 398 g/mol. The summed E-state index contributed by atoms with van der Waals surface area (Å²) in [5, 5.41) is 21.5. The summed E-state index contributed by atoms with van der Waals surface area (Å²) in [6.07, 6.45) is 0.508. The number of nitriles is 1. The molecule has 0 fully saturated rings. The normalized spacial score (nSPS) is 11.6. The molecule has 0 saturated carbocycles. The molecule has 0 aliphatic carbocycles. The number of carbonyl (C=O) groups excluding carboxylic acids is 1. The molecule has 0 bridgehead atoms. The Morgan fingerprint density at radius 1 is 1.32 bits per heavy atom. The maximum absolute atomic E-state index is 12.7. The number of hydrogen-bond donors (Lipinski definition) is 2.